The van der Waals surface area contributed by atoms with Crippen LogP contribution in [0.4, 0.5) is 4.39 Å². The van der Waals surface area contributed by atoms with Crippen LogP contribution in [-0.4, -0.2) is 44.4 Å². The molecule has 0 unspecified atom stereocenters. The third-order valence-corrected chi connectivity index (χ3v) is 5.83. The number of ether oxygens (including phenoxy) is 1. The number of hydrogen-bond acceptors (Lipinski definition) is 4. The number of carbonyl (C=O) groups excluding carboxylic acids is 1. The van der Waals surface area contributed by atoms with Gasteiger partial charge in [0.2, 0.25) is 15.9 Å². The van der Waals surface area contributed by atoms with Gasteiger partial charge in [0.05, 0.1) is 17.0 Å². The highest BCUT2D eigenvalue weighted by atomic mass is 32.2. The van der Waals surface area contributed by atoms with Crippen molar-refractivity contribution in [2.45, 2.75) is 29.7 Å². The highest BCUT2D eigenvalue weighted by Crippen LogP contribution is 2.37. The van der Waals surface area contributed by atoms with Crippen LogP contribution >= 0.6 is 0 Å². The van der Waals surface area contributed by atoms with Crippen molar-refractivity contribution in [1.82, 2.24) is 4.31 Å². The topological polar surface area (TPSA) is 89.7 Å². The summed E-state index contributed by atoms with van der Waals surface area (Å²) < 4.78 is 45.3. The third-order valence-electron chi connectivity index (χ3n) is 3.83. The fourth-order valence-electron chi connectivity index (χ4n) is 3.01. The van der Waals surface area contributed by atoms with Crippen molar-refractivity contribution in [3.8, 4) is 0 Å². The lowest BCUT2D eigenvalue weighted by molar-refractivity contribution is -0.120. The molecule has 2 N–H and O–H groups in total. The first kappa shape index (κ1) is 16.9. The van der Waals surface area contributed by atoms with Crippen LogP contribution in [-0.2, 0) is 19.6 Å². The first-order valence-corrected chi connectivity index (χ1v) is 8.31. The van der Waals surface area contributed by atoms with Crippen molar-refractivity contribution in [2.24, 2.45) is 5.73 Å². The minimum absolute atomic E-state index is 0.0600. The average Bonchev–Trinajstić information content (AvgIpc) is 2.82. The van der Waals surface area contributed by atoms with E-state index in [-0.39, 0.29) is 24.5 Å². The molecule has 0 radical (unpaired) electrons. The van der Waals surface area contributed by atoms with E-state index in [0.717, 1.165) is 6.07 Å². The highest BCUT2D eigenvalue weighted by Gasteiger charge is 2.48. The number of rotatable bonds is 6. The lowest BCUT2D eigenvalue weighted by Gasteiger charge is -2.36. The Morgan fingerprint density at radius 2 is 2.23 bits per heavy atom. The molecule has 122 valence electrons. The summed E-state index contributed by atoms with van der Waals surface area (Å²) in [7, 11) is -2.49. The summed E-state index contributed by atoms with van der Waals surface area (Å²) in [6.07, 6.45) is 0.929. The van der Waals surface area contributed by atoms with Gasteiger partial charge in [0.1, 0.15) is 5.82 Å². The lowest BCUT2D eigenvalue weighted by atomic mass is 9.94. The minimum atomic E-state index is -3.93. The van der Waals surface area contributed by atoms with E-state index in [1.165, 1.54) is 29.6 Å². The van der Waals surface area contributed by atoms with Crippen molar-refractivity contribution < 1.29 is 22.3 Å². The summed E-state index contributed by atoms with van der Waals surface area (Å²) in [6, 6.07) is 4.81. The fraction of sp³-hybridized carbons (Fsp3) is 0.500. The molecular formula is C14H19FN2O4S. The molecule has 1 saturated heterocycles. The molecule has 1 aliphatic heterocycles. The lowest BCUT2D eigenvalue weighted by Crippen LogP contribution is -2.52. The van der Waals surface area contributed by atoms with Gasteiger partial charge >= 0.3 is 0 Å². The second kappa shape index (κ2) is 6.31. The number of halogens is 1. The number of hydrogen-bond donors (Lipinski definition) is 1. The number of nitrogens with two attached hydrogens (primary N) is 1. The molecule has 0 bridgehead atoms. The van der Waals surface area contributed by atoms with E-state index in [0.29, 0.717) is 12.8 Å². The Labute approximate surface area is 129 Å². The van der Waals surface area contributed by atoms with Crippen molar-refractivity contribution in [1.29, 1.82) is 0 Å². The number of primary amides is 1. The Kier molecular flexibility index (Phi) is 4.84. The first-order valence-electron chi connectivity index (χ1n) is 6.87. The van der Waals surface area contributed by atoms with Gasteiger partial charge in [-0.05, 0) is 31.0 Å². The summed E-state index contributed by atoms with van der Waals surface area (Å²) in [5, 5.41) is 0. The van der Waals surface area contributed by atoms with E-state index in [1.54, 1.807) is 0 Å². The van der Waals surface area contributed by atoms with Crippen molar-refractivity contribution in [3.05, 3.63) is 30.1 Å². The molecule has 8 heteroatoms. The molecule has 1 aromatic rings. The average molecular weight is 330 g/mol. The molecule has 22 heavy (non-hydrogen) atoms. The van der Waals surface area contributed by atoms with Crippen LogP contribution in [0.1, 0.15) is 19.3 Å². The maximum atomic E-state index is 13.4. The molecule has 0 aromatic heterocycles. The number of benzene rings is 1. The standard InChI is InChI=1S/C14H19FN2O4S/c1-21-10-14(9-13(16)18)6-3-7-17(14)22(19,20)12-5-2-4-11(15)8-12/h2,4-5,8H,3,6-7,9-10H2,1H3,(H2,16,18)/t14-/m1/s1. The van der Waals surface area contributed by atoms with Gasteiger partial charge in [-0.15, -0.1) is 0 Å². The molecule has 6 nitrogen and oxygen atoms in total. The summed E-state index contributed by atoms with van der Waals surface area (Å²) in [6.45, 7) is 0.306. The molecule has 1 fully saturated rings. The molecule has 1 atom stereocenters. The highest BCUT2D eigenvalue weighted by molar-refractivity contribution is 7.89. The maximum Gasteiger partial charge on any atom is 0.243 e. The van der Waals surface area contributed by atoms with Crippen LogP contribution in [0.3, 0.4) is 0 Å². The minimum Gasteiger partial charge on any atom is -0.383 e. The molecule has 1 amide bonds. The van der Waals surface area contributed by atoms with Gasteiger partial charge in [0, 0.05) is 20.1 Å². The second-order valence-corrected chi connectivity index (χ2v) is 7.30. The van der Waals surface area contributed by atoms with Gasteiger partial charge in [0.15, 0.2) is 0 Å². The number of carbonyl (C=O) groups is 1. The van der Waals surface area contributed by atoms with Gasteiger partial charge in [-0.3, -0.25) is 4.79 Å². The predicted octanol–water partition coefficient (Wildman–Crippen LogP) is 0.871. The van der Waals surface area contributed by atoms with Crippen LogP contribution in [0.25, 0.3) is 0 Å². The molecule has 0 spiro atoms. The van der Waals surface area contributed by atoms with E-state index in [1.807, 2.05) is 0 Å². The van der Waals surface area contributed by atoms with Crippen LogP contribution in [0.2, 0.25) is 0 Å². The second-order valence-electron chi connectivity index (χ2n) is 5.44. The number of methoxy groups -OCH3 is 1. The zero-order chi connectivity index (χ0) is 16.4. The van der Waals surface area contributed by atoms with E-state index in [2.05, 4.69) is 0 Å². The zero-order valence-corrected chi connectivity index (χ0v) is 13.1. The van der Waals surface area contributed by atoms with Gasteiger partial charge in [-0.25, -0.2) is 12.8 Å². The Balaban J connectivity index is 2.45. The smallest absolute Gasteiger partial charge is 0.243 e. The van der Waals surface area contributed by atoms with Crippen LogP contribution in [0, 0.1) is 5.82 Å². The van der Waals surface area contributed by atoms with Gasteiger partial charge in [0.25, 0.3) is 0 Å². The van der Waals surface area contributed by atoms with Crippen molar-refractivity contribution in [3.63, 3.8) is 0 Å². The largest absolute Gasteiger partial charge is 0.383 e. The van der Waals surface area contributed by atoms with Gasteiger partial charge in [-0.1, -0.05) is 6.07 Å². The fourth-order valence-corrected chi connectivity index (χ4v) is 4.86. The number of amides is 1. The van der Waals surface area contributed by atoms with Gasteiger partial charge in [-0.2, -0.15) is 4.31 Å². The van der Waals surface area contributed by atoms with Crippen LogP contribution < -0.4 is 5.73 Å². The number of nitrogens with zero attached hydrogens (tertiary/aromatic N) is 1. The van der Waals surface area contributed by atoms with Crippen molar-refractivity contribution >= 4 is 15.9 Å². The molecule has 1 aromatic carbocycles. The summed E-state index contributed by atoms with van der Waals surface area (Å²) >= 11 is 0. The summed E-state index contributed by atoms with van der Waals surface area (Å²) in [5.41, 5.74) is 4.27. The van der Waals surface area contributed by atoms with Crippen LogP contribution in [0.5, 0.6) is 0 Å². The Morgan fingerprint density at radius 1 is 1.50 bits per heavy atom. The number of sulfonamides is 1. The Bertz CT molecular complexity index is 665. The van der Waals surface area contributed by atoms with Crippen molar-refractivity contribution in [2.75, 3.05) is 20.3 Å². The maximum absolute atomic E-state index is 13.4. The normalized spacial score (nSPS) is 22.8. The monoisotopic (exact) mass is 330 g/mol. The molecule has 2 rings (SSSR count). The molecule has 0 aliphatic carbocycles. The Morgan fingerprint density at radius 3 is 2.82 bits per heavy atom. The quantitative estimate of drug-likeness (QED) is 0.838. The van der Waals surface area contributed by atoms with E-state index >= 15 is 0 Å². The molecule has 1 aliphatic rings. The van der Waals surface area contributed by atoms with Crippen LogP contribution in [0.15, 0.2) is 29.2 Å². The molecule has 0 saturated carbocycles. The van der Waals surface area contributed by atoms with E-state index in [9.17, 15) is 17.6 Å². The third kappa shape index (κ3) is 3.13. The predicted molar refractivity (Wildman–Crippen MR) is 77.9 cm³/mol. The molecular weight excluding hydrogens is 311 g/mol. The van der Waals surface area contributed by atoms with Gasteiger partial charge < -0.3 is 10.5 Å². The van der Waals surface area contributed by atoms with E-state index in [4.69, 9.17) is 10.5 Å². The van der Waals surface area contributed by atoms with E-state index < -0.39 is 27.3 Å². The first-order chi connectivity index (χ1) is 10.3. The Hall–Kier alpha value is -1.51. The SMILES string of the molecule is COC[C@]1(CC(N)=O)CCCN1S(=O)(=O)c1cccc(F)c1. The summed E-state index contributed by atoms with van der Waals surface area (Å²) in [4.78, 5) is 11.2. The summed E-state index contributed by atoms with van der Waals surface area (Å²) in [5.74, 6) is -1.23. The zero-order valence-electron chi connectivity index (χ0n) is 12.3. The molecule has 1 heterocycles.